The summed E-state index contributed by atoms with van der Waals surface area (Å²) < 4.78 is 50.9. The highest BCUT2D eigenvalue weighted by Gasteiger charge is 2.29. The number of fused-ring (bicyclic) bond motifs is 1. The average Bonchev–Trinajstić information content (AvgIpc) is 3.62. The molecule has 0 bridgehead atoms. The molecule has 0 fully saturated rings. The number of aromatic amines is 1. The van der Waals surface area contributed by atoms with Gasteiger partial charge in [-0.1, -0.05) is 0 Å². The third-order valence-corrected chi connectivity index (χ3v) is 7.12. The number of anilines is 1. The molecule has 14 heteroatoms. The van der Waals surface area contributed by atoms with Gasteiger partial charge in [-0.05, 0) is 18.2 Å². The van der Waals surface area contributed by atoms with E-state index >= 15 is 4.39 Å². The van der Waals surface area contributed by atoms with E-state index in [1.807, 2.05) is 0 Å². The molecule has 1 unspecified atom stereocenters. The van der Waals surface area contributed by atoms with Gasteiger partial charge in [-0.25, -0.2) is 27.8 Å². The first kappa shape index (κ1) is 26.4. The van der Waals surface area contributed by atoms with E-state index in [0.717, 1.165) is 0 Å². The number of hydrogen-bond acceptors (Lipinski definition) is 10. The number of ether oxygens (including phenoxy) is 2. The van der Waals surface area contributed by atoms with Crippen molar-refractivity contribution in [2.24, 2.45) is 0 Å². The monoisotopic (exact) mass is 554 g/mol. The van der Waals surface area contributed by atoms with Crippen LogP contribution in [0.1, 0.15) is 12.2 Å². The highest BCUT2D eigenvalue weighted by Crippen LogP contribution is 2.34. The zero-order chi connectivity index (χ0) is 27.6. The van der Waals surface area contributed by atoms with Gasteiger partial charge in [-0.2, -0.15) is 5.10 Å². The molecular formula is C25H27FN8O4S. The van der Waals surface area contributed by atoms with E-state index in [-0.39, 0.29) is 42.8 Å². The number of nitrogens with zero attached hydrogens (tertiary/aromatic N) is 7. The first-order chi connectivity index (χ1) is 18.7. The third kappa shape index (κ3) is 5.96. The molecule has 5 rings (SSSR count). The van der Waals surface area contributed by atoms with Gasteiger partial charge in [0.15, 0.2) is 11.5 Å². The Labute approximate surface area is 224 Å². The zero-order valence-electron chi connectivity index (χ0n) is 21.6. The minimum atomic E-state index is -3.12. The van der Waals surface area contributed by atoms with Crippen LogP contribution in [0.2, 0.25) is 0 Å². The van der Waals surface area contributed by atoms with Gasteiger partial charge < -0.3 is 19.4 Å². The number of aryl methyl sites for hydroxylation is 1. The van der Waals surface area contributed by atoms with Gasteiger partial charge in [0.2, 0.25) is 0 Å². The lowest BCUT2D eigenvalue weighted by Gasteiger charge is -2.30. The lowest BCUT2D eigenvalue weighted by molar-refractivity contribution is 0.116. The normalized spacial score (nSPS) is 16.0. The third-order valence-electron chi connectivity index (χ3n) is 6.19. The number of pyridine rings is 1. The Morgan fingerprint density at radius 3 is 2.77 bits per heavy atom. The van der Waals surface area contributed by atoms with Crippen molar-refractivity contribution in [3.63, 3.8) is 0 Å². The summed E-state index contributed by atoms with van der Waals surface area (Å²) in [5.41, 5.74) is 2.30. The highest BCUT2D eigenvalue weighted by molar-refractivity contribution is 7.90. The largest absolute Gasteiger partial charge is 0.498 e. The second-order valence-electron chi connectivity index (χ2n) is 8.98. The fourth-order valence-corrected chi connectivity index (χ4v) is 4.65. The molecule has 0 radical (unpaired) electrons. The summed E-state index contributed by atoms with van der Waals surface area (Å²) in [5, 5.41) is 4.23. The van der Waals surface area contributed by atoms with Crippen LogP contribution in [0.25, 0.3) is 22.4 Å². The maximum Gasteiger partial charge on any atom is 0.184 e. The minimum absolute atomic E-state index is 0.0243. The van der Waals surface area contributed by atoms with Crippen LogP contribution in [0, 0.1) is 0 Å². The zero-order valence-corrected chi connectivity index (χ0v) is 22.4. The number of allylic oxidation sites excluding steroid dienone is 1. The fourth-order valence-electron chi connectivity index (χ4n) is 4.13. The number of aromatic nitrogens is 7. The van der Waals surface area contributed by atoms with Crippen molar-refractivity contribution in [3.05, 3.63) is 72.3 Å². The van der Waals surface area contributed by atoms with Crippen LogP contribution in [0.15, 0.2) is 66.5 Å². The van der Waals surface area contributed by atoms with Crippen molar-refractivity contribution >= 4 is 26.8 Å². The highest BCUT2D eigenvalue weighted by atomic mass is 32.2. The molecule has 12 nitrogen and oxygen atoms in total. The molecule has 1 atom stereocenters. The maximum absolute atomic E-state index is 15.6. The lowest BCUT2D eigenvalue weighted by Crippen LogP contribution is -2.29. The van der Waals surface area contributed by atoms with Crippen molar-refractivity contribution in [1.29, 1.82) is 0 Å². The smallest absolute Gasteiger partial charge is 0.184 e. The van der Waals surface area contributed by atoms with Gasteiger partial charge >= 0.3 is 0 Å². The van der Waals surface area contributed by atoms with Gasteiger partial charge in [0.05, 0.1) is 55.8 Å². The molecule has 1 N–H and O–H groups in total. The molecule has 0 saturated carbocycles. The summed E-state index contributed by atoms with van der Waals surface area (Å²) in [6.07, 6.45) is 11.0. The van der Waals surface area contributed by atoms with Crippen LogP contribution in [0.5, 0.6) is 0 Å². The molecule has 0 aliphatic heterocycles. The molecule has 0 amide bonds. The van der Waals surface area contributed by atoms with E-state index in [0.29, 0.717) is 34.1 Å². The fraction of sp³-hybridized carbons (Fsp3) is 0.320. The standard InChI is InChI=1S/C25H27FN8O4S/c1-37-17-10-20(24(26)21(11-17)38-2)34(15-22-27-6-7-28-22)23-5-4-18-25(32-23)31-19(13-29-18)16-12-30-33(14-16)8-9-39(3,35)36/h4-7,10,12-14,17H,8-9,11,15H2,1-3H3,(H,27,28). The Morgan fingerprint density at radius 2 is 2.05 bits per heavy atom. The summed E-state index contributed by atoms with van der Waals surface area (Å²) in [4.78, 5) is 22.9. The van der Waals surface area contributed by atoms with Gasteiger partial charge in [-0.3, -0.25) is 9.67 Å². The van der Waals surface area contributed by atoms with E-state index in [9.17, 15) is 8.42 Å². The minimum Gasteiger partial charge on any atom is -0.498 e. The van der Waals surface area contributed by atoms with Crippen LogP contribution in [0.4, 0.5) is 10.2 Å². The van der Waals surface area contributed by atoms with E-state index in [1.165, 1.54) is 13.4 Å². The Hall–Kier alpha value is -4.17. The number of hydrogen-bond donors (Lipinski definition) is 1. The first-order valence-corrected chi connectivity index (χ1v) is 14.1. The Kier molecular flexibility index (Phi) is 7.39. The quantitative estimate of drug-likeness (QED) is 0.311. The van der Waals surface area contributed by atoms with Crippen molar-refractivity contribution in [3.8, 4) is 11.3 Å². The number of rotatable bonds is 10. The van der Waals surface area contributed by atoms with Gasteiger partial charge in [-0.15, -0.1) is 0 Å². The Bertz CT molecular complexity index is 1650. The van der Waals surface area contributed by atoms with Crippen LogP contribution in [-0.4, -0.2) is 75.5 Å². The van der Waals surface area contributed by atoms with Crippen LogP contribution < -0.4 is 4.90 Å². The lowest BCUT2D eigenvalue weighted by atomic mass is 10.0. The molecular weight excluding hydrogens is 527 g/mol. The van der Waals surface area contributed by atoms with Gasteiger partial charge in [0, 0.05) is 43.9 Å². The molecule has 0 aromatic carbocycles. The summed E-state index contributed by atoms with van der Waals surface area (Å²) >= 11 is 0. The number of sulfone groups is 1. The molecule has 4 aromatic heterocycles. The number of imidazole rings is 1. The number of nitrogens with one attached hydrogen (secondary N) is 1. The number of halogens is 1. The predicted molar refractivity (Wildman–Crippen MR) is 142 cm³/mol. The predicted octanol–water partition coefficient (Wildman–Crippen LogP) is 2.79. The molecule has 4 heterocycles. The molecule has 4 aromatic rings. The summed E-state index contributed by atoms with van der Waals surface area (Å²) in [7, 11) is -0.139. The van der Waals surface area contributed by atoms with Crippen molar-refractivity contribution in [2.45, 2.75) is 25.6 Å². The SMILES string of the molecule is COC1=C(F)C(N(Cc2ncc[nH]2)c2ccc3ncc(-c4cnn(CCS(C)(=O)=O)c4)nc3n2)=CC(OC)C1. The first-order valence-electron chi connectivity index (χ1n) is 12.0. The van der Waals surface area contributed by atoms with Crippen LogP contribution in [0.3, 0.4) is 0 Å². The van der Waals surface area contributed by atoms with Crippen LogP contribution >= 0.6 is 0 Å². The molecule has 204 valence electrons. The Balaban J connectivity index is 1.53. The van der Waals surface area contributed by atoms with E-state index in [2.05, 4.69) is 25.0 Å². The van der Waals surface area contributed by atoms with Crippen molar-refractivity contribution in [2.75, 3.05) is 31.1 Å². The second kappa shape index (κ2) is 10.9. The average molecular weight is 555 g/mol. The summed E-state index contributed by atoms with van der Waals surface area (Å²) in [6.45, 7) is 0.419. The van der Waals surface area contributed by atoms with E-state index in [1.54, 1.807) is 65.9 Å². The van der Waals surface area contributed by atoms with E-state index in [4.69, 9.17) is 14.5 Å². The number of methoxy groups -OCH3 is 2. The Morgan fingerprint density at radius 1 is 1.21 bits per heavy atom. The summed E-state index contributed by atoms with van der Waals surface area (Å²) in [5.74, 6) is 0.664. The molecule has 1 aliphatic rings. The van der Waals surface area contributed by atoms with Crippen molar-refractivity contribution in [1.82, 2.24) is 34.7 Å². The van der Waals surface area contributed by atoms with Crippen molar-refractivity contribution < 1.29 is 22.3 Å². The molecule has 1 aliphatic carbocycles. The maximum atomic E-state index is 15.6. The van der Waals surface area contributed by atoms with Gasteiger partial charge in [0.25, 0.3) is 0 Å². The van der Waals surface area contributed by atoms with E-state index < -0.39 is 15.7 Å². The second-order valence-corrected chi connectivity index (χ2v) is 11.2. The topological polar surface area (TPSA) is 141 Å². The molecule has 39 heavy (non-hydrogen) atoms. The molecule has 0 saturated heterocycles. The summed E-state index contributed by atoms with van der Waals surface area (Å²) in [6, 6.07) is 3.50. The molecule has 0 spiro atoms. The van der Waals surface area contributed by atoms with Gasteiger partial charge in [0.1, 0.15) is 32.8 Å². The van der Waals surface area contributed by atoms with Crippen LogP contribution in [-0.2, 0) is 32.4 Å². The number of H-pyrrole nitrogens is 1.